The van der Waals surface area contributed by atoms with Crippen LogP contribution in [0.5, 0.6) is 0 Å². The second-order valence-electron chi connectivity index (χ2n) is 15.6. The highest BCUT2D eigenvalue weighted by Gasteiger charge is 2.32. The Labute approximate surface area is 367 Å². The van der Waals surface area contributed by atoms with E-state index in [1.54, 1.807) is 6.20 Å². The standard InChI is InChI=1S/C47H60N10O6/c48-23-11-2-1-6-20-42(58)54-41(30-63-29-31-13-4-3-5-14-31)46(62)57-40(26-32-21-22-33-15-7-8-16-34(33)25-32)45(61)55-38(19-12-24-52-47(50)51)44(60)56-39(43(49)59)27-35-28-53-37-18-10-9-17-36(35)37/h3-5,7-10,13-18,21-22,25,28,38-41,53H,1-2,6,11-12,19-20,23-24,26-27,29-30,48H2,(H2,49,59)(H,54,58)(H,55,61)(H,56,60)(H,57,62)(H4,50,51,52)/t38-,39+,40-,41+/m1/s1. The lowest BCUT2D eigenvalue weighted by Gasteiger charge is -2.26. The smallest absolute Gasteiger partial charge is 0.245 e. The van der Waals surface area contributed by atoms with Gasteiger partial charge < -0.3 is 53.9 Å². The molecule has 4 atom stereocenters. The van der Waals surface area contributed by atoms with Crippen LogP contribution in [0.4, 0.5) is 0 Å². The molecule has 0 radical (unpaired) electrons. The third-order valence-corrected chi connectivity index (χ3v) is 10.6. The number of ether oxygens (including phenoxy) is 1. The zero-order chi connectivity index (χ0) is 45.0. The van der Waals surface area contributed by atoms with Crippen LogP contribution in [0, 0.1) is 0 Å². The van der Waals surface area contributed by atoms with Crippen LogP contribution in [0.25, 0.3) is 21.7 Å². The fourth-order valence-electron chi connectivity index (χ4n) is 7.24. The van der Waals surface area contributed by atoms with Crippen molar-refractivity contribution < 1.29 is 28.7 Å². The lowest BCUT2D eigenvalue weighted by Crippen LogP contribution is -2.59. The summed E-state index contributed by atoms with van der Waals surface area (Å²) in [6.45, 7) is 0.740. The number of fused-ring (bicyclic) bond motifs is 2. The number of guanidine groups is 1. The molecule has 5 amide bonds. The van der Waals surface area contributed by atoms with E-state index in [1.165, 1.54) is 0 Å². The van der Waals surface area contributed by atoms with E-state index in [9.17, 15) is 24.0 Å². The van der Waals surface area contributed by atoms with Crippen LogP contribution in [0.15, 0.2) is 108 Å². The van der Waals surface area contributed by atoms with E-state index in [0.29, 0.717) is 13.0 Å². The number of hydrogen-bond donors (Lipinski definition) is 9. The lowest BCUT2D eigenvalue weighted by molar-refractivity contribution is -0.135. The van der Waals surface area contributed by atoms with Crippen LogP contribution in [-0.2, 0) is 48.2 Å². The molecule has 4 aromatic carbocycles. The minimum Gasteiger partial charge on any atom is -0.374 e. The number of nitrogens with one attached hydrogen (secondary N) is 5. The maximum atomic E-state index is 14.5. The number of rotatable bonds is 26. The van der Waals surface area contributed by atoms with Crippen LogP contribution in [0.2, 0.25) is 0 Å². The van der Waals surface area contributed by atoms with Crippen molar-refractivity contribution in [2.75, 3.05) is 19.7 Å². The van der Waals surface area contributed by atoms with Crippen molar-refractivity contribution in [1.29, 1.82) is 0 Å². The van der Waals surface area contributed by atoms with Gasteiger partial charge in [0.2, 0.25) is 29.5 Å². The highest BCUT2D eigenvalue weighted by atomic mass is 16.5. The van der Waals surface area contributed by atoms with Gasteiger partial charge in [0.05, 0.1) is 13.2 Å². The van der Waals surface area contributed by atoms with E-state index in [1.807, 2.05) is 97.1 Å². The van der Waals surface area contributed by atoms with Crippen molar-refractivity contribution in [1.82, 2.24) is 26.3 Å². The molecule has 0 aliphatic carbocycles. The van der Waals surface area contributed by atoms with Crippen LogP contribution in [-0.4, -0.2) is 84.3 Å². The lowest BCUT2D eigenvalue weighted by atomic mass is 10.00. The van der Waals surface area contributed by atoms with Gasteiger partial charge in [0.1, 0.15) is 24.2 Å². The monoisotopic (exact) mass is 860 g/mol. The van der Waals surface area contributed by atoms with E-state index in [-0.39, 0.29) is 63.7 Å². The maximum Gasteiger partial charge on any atom is 0.245 e. The summed E-state index contributed by atoms with van der Waals surface area (Å²) < 4.78 is 5.94. The average molecular weight is 861 g/mol. The maximum absolute atomic E-state index is 14.5. The summed E-state index contributed by atoms with van der Waals surface area (Å²) >= 11 is 0. The molecule has 63 heavy (non-hydrogen) atoms. The Kier molecular flexibility index (Phi) is 18.5. The molecule has 16 heteroatoms. The van der Waals surface area contributed by atoms with Gasteiger partial charge in [-0.2, -0.15) is 0 Å². The number of aliphatic imine (C=N–C) groups is 1. The molecule has 1 aromatic heterocycles. The Balaban J connectivity index is 1.38. The molecule has 0 spiro atoms. The SMILES string of the molecule is NCCCCCCC(=O)N[C@@H](COCc1ccccc1)C(=O)N[C@H](Cc1ccc2ccccc2c1)C(=O)N[C@H](CCCN=C(N)N)C(=O)N[C@@H](Cc1c[nH]c2ccccc12)C(N)=O. The number of unbranched alkanes of at least 4 members (excludes halogenated alkanes) is 3. The number of amides is 5. The molecule has 5 aromatic rings. The number of aromatic amines is 1. The van der Waals surface area contributed by atoms with Crippen LogP contribution in [0.3, 0.4) is 0 Å². The van der Waals surface area contributed by atoms with E-state index in [0.717, 1.165) is 57.6 Å². The summed E-state index contributed by atoms with van der Waals surface area (Å²) in [4.78, 5) is 76.0. The van der Waals surface area contributed by atoms with E-state index < -0.39 is 47.8 Å². The Morgan fingerprint density at radius 2 is 1.30 bits per heavy atom. The first-order valence-electron chi connectivity index (χ1n) is 21.4. The molecule has 334 valence electrons. The summed E-state index contributed by atoms with van der Waals surface area (Å²) in [5.41, 5.74) is 25.8. The molecular formula is C47H60N10O6. The number of carbonyl (C=O) groups excluding carboxylic acids is 5. The molecule has 0 unspecified atom stereocenters. The Morgan fingerprint density at radius 3 is 2.06 bits per heavy atom. The number of nitrogens with two attached hydrogens (primary N) is 4. The number of benzene rings is 4. The third kappa shape index (κ3) is 15.3. The van der Waals surface area contributed by atoms with Crippen molar-refractivity contribution in [2.24, 2.45) is 27.9 Å². The topological polar surface area (TPSA) is 275 Å². The molecule has 16 nitrogen and oxygen atoms in total. The number of nitrogens with zero attached hydrogens (tertiary/aromatic N) is 1. The first-order chi connectivity index (χ1) is 30.5. The number of primary amides is 1. The molecular weight excluding hydrogens is 801 g/mol. The third-order valence-electron chi connectivity index (χ3n) is 10.6. The van der Waals surface area contributed by atoms with E-state index in [4.69, 9.17) is 27.7 Å². The molecule has 0 aliphatic heterocycles. The first kappa shape index (κ1) is 47.3. The summed E-state index contributed by atoms with van der Waals surface area (Å²) in [6, 6.07) is 25.7. The highest BCUT2D eigenvalue weighted by Crippen LogP contribution is 2.20. The molecule has 0 saturated heterocycles. The molecule has 1 heterocycles. The minimum absolute atomic E-state index is 0.0297. The van der Waals surface area contributed by atoms with Crippen molar-refractivity contribution in [2.45, 2.75) is 88.6 Å². The van der Waals surface area contributed by atoms with Crippen LogP contribution in [0.1, 0.15) is 61.6 Å². The molecule has 5 rings (SSSR count). The normalized spacial score (nSPS) is 13.0. The van der Waals surface area contributed by atoms with Gasteiger partial charge in [-0.3, -0.25) is 29.0 Å². The number of H-pyrrole nitrogens is 1. The second-order valence-corrected chi connectivity index (χ2v) is 15.6. The molecule has 0 aliphatic rings. The number of carbonyl (C=O) groups is 5. The Bertz CT molecular complexity index is 2310. The fourth-order valence-corrected chi connectivity index (χ4v) is 7.24. The predicted octanol–water partition coefficient (Wildman–Crippen LogP) is 2.71. The van der Waals surface area contributed by atoms with Gasteiger partial charge in [0, 0.05) is 42.9 Å². The van der Waals surface area contributed by atoms with Gasteiger partial charge in [-0.15, -0.1) is 0 Å². The number of hydrogen-bond acceptors (Lipinski definition) is 8. The van der Waals surface area contributed by atoms with E-state index >= 15 is 0 Å². The summed E-state index contributed by atoms with van der Waals surface area (Å²) in [6.07, 6.45) is 5.59. The van der Waals surface area contributed by atoms with Crippen molar-refractivity contribution in [3.05, 3.63) is 120 Å². The summed E-state index contributed by atoms with van der Waals surface area (Å²) in [5, 5.41) is 14.0. The van der Waals surface area contributed by atoms with Crippen molar-refractivity contribution in [3.8, 4) is 0 Å². The Morgan fingerprint density at radius 1 is 0.635 bits per heavy atom. The largest absolute Gasteiger partial charge is 0.374 e. The van der Waals surface area contributed by atoms with Gasteiger partial charge in [0.25, 0.3) is 0 Å². The minimum atomic E-state index is -1.23. The fraction of sp³-hybridized carbons (Fsp3) is 0.362. The van der Waals surface area contributed by atoms with Crippen LogP contribution >= 0.6 is 0 Å². The quantitative estimate of drug-likeness (QED) is 0.0224. The molecule has 0 bridgehead atoms. The first-order valence-corrected chi connectivity index (χ1v) is 21.4. The van der Waals surface area contributed by atoms with Gasteiger partial charge in [0.15, 0.2) is 5.96 Å². The zero-order valence-electron chi connectivity index (χ0n) is 35.5. The average Bonchev–Trinajstić information content (AvgIpc) is 3.69. The summed E-state index contributed by atoms with van der Waals surface area (Å²) in [5.74, 6) is -3.23. The van der Waals surface area contributed by atoms with Gasteiger partial charge in [-0.25, -0.2) is 0 Å². The molecule has 0 fully saturated rings. The number of para-hydroxylation sites is 1. The number of aromatic nitrogens is 1. The van der Waals surface area contributed by atoms with Gasteiger partial charge >= 0.3 is 0 Å². The van der Waals surface area contributed by atoms with E-state index in [2.05, 4.69) is 31.2 Å². The Hall–Kier alpha value is -6.78. The zero-order valence-corrected chi connectivity index (χ0v) is 35.5. The van der Waals surface area contributed by atoms with Crippen LogP contribution < -0.4 is 44.2 Å². The summed E-state index contributed by atoms with van der Waals surface area (Å²) in [7, 11) is 0. The molecule has 0 saturated carbocycles. The van der Waals surface area contributed by atoms with Crippen molar-refractivity contribution in [3.63, 3.8) is 0 Å². The van der Waals surface area contributed by atoms with Crippen molar-refractivity contribution >= 4 is 57.2 Å². The molecule has 13 N–H and O–H groups in total. The predicted molar refractivity (Wildman–Crippen MR) is 245 cm³/mol. The van der Waals surface area contributed by atoms with Gasteiger partial charge in [-0.05, 0) is 65.8 Å². The second kappa shape index (κ2) is 24.6. The van der Waals surface area contributed by atoms with Gasteiger partial charge in [-0.1, -0.05) is 104 Å². The highest BCUT2D eigenvalue weighted by molar-refractivity contribution is 5.96.